The van der Waals surface area contributed by atoms with Gasteiger partial charge in [0, 0.05) is 49.3 Å². The van der Waals surface area contributed by atoms with Gasteiger partial charge in [-0.3, -0.25) is 9.59 Å². The first kappa shape index (κ1) is 27.0. The van der Waals surface area contributed by atoms with E-state index in [1.807, 2.05) is 13.8 Å². The van der Waals surface area contributed by atoms with Crippen LogP contribution in [-0.4, -0.2) is 44.4 Å². The van der Waals surface area contributed by atoms with Gasteiger partial charge in [-0.15, -0.1) is 0 Å². The van der Waals surface area contributed by atoms with Gasteiger partial charge in [0.2, 0.25) is 11.8 Å². The van der Waals surface area contributed by atoms with Gasteiger partial charge in [-0.1, -0.05) is 25.4 Å². The first-order chi connectivity index (χ1) is 16.5. The van der Waals surface area contributed by atoms with Crippen LogP contribution in [0.5, 0.6) is 5.75 Å². The van der Waals surface area contributed by atoms with Crippen LogP contribution < -0.4 is 9.50 Å². The van der Waals surface area contributed by atoms with Gasteiger partial charge >= 0.3 is 10.1 Å². The SMILES string of the molecule is CC(=O)Nc1ccc(S(=O)(=O)Oc2ccc(Cl)cc2CN(CC2CCCO2)C(=O)CC(C)C)cc1. The van der Waals surface area contributed by atoms with Crippen molar-refractivity contribution in [2.75, 3.05) is 18.5 Å². The summed E-state index contributed by atoms with van der Waals surface area (Å²) in [4.78, 5) is 25.8. The molecule has 1 unspecified atom stereocenters. The number of carbonyl (C=O) groups is 2. The van der Waals surface area contributed by atoms with Crippen molar-refractivity contribution in [1.29, 1.82) is 0 Å². The van der Waals surface area contributed by atoms with Crippen molar-refractivity contribution >= 4 is 39.2 Å². The Balaban J connectivity index is 1.84. The minimum Gasteiger partial charge on any atom is -0.379 e. The van der Waals surface area contributed by atoms with Gasteiger partial charge in [-0.05, 0) is 61.2 Å². The van der Waals surface area contributed by atoms with Crippen LogP contribution in [0.4, 0.5) is 5.69 Å². The molecule has 1 heterocycles. The molecular formula is C25H31ClN2O6S. The molecular weight excluding hydrogens is 492 g/mol. The number of rotatable bonds is 10. The first-order valence-electron chi connectivity index (χ1n) is 11.5. The number of hydrogen-bond donors (Lipinski definition) is 1. The van der Waals surface area contributed by atoms with E-state index in [4.69, 9.17) is 20.5 Å². The molecule has 35 heavy (non-hydrogen) atoms. The average Bonchev–Trinajstić information content (AvgIpc) is 3.28. The van der Waals surface area contributed by atoms with E-state index in [2.05, 4.69) is 5.32 Å². The highest BCUT2D eigenvalue weighted by Crippen LogP contribution is 2.29. The van der Waals surface area contributed by atoms with Gasteiger partial charge in [-0.2, -0.15) is 8.42 Å². The van der Waals surface area contributed by atoms with Gasteiger partial charge in [0.1, 0.15) is 10.6 Å². The molecule has 0 aromatic heterocycles. The number of hydrogen-bond acceptors (Lipinski definition) is 6. The zero-order chi connectivity index (χ0) is 25.6. The van der Waals surface area contributed by atoms with E-state index in [-0.39, 0.29) is 41.0 Å². The second kappa shape index (κ2) is 11.9. The third kappa shape index (κ3) is 7.95. The largest absolute Gasteiger partial charge is 0.379 e. The normalized spacial score (nSPS) is 15.7. The summed E-state index contributed by atoms with van der Waals surface area (Å²) in [6.45, 7) is 6.53. The van der Waals surface area contributed by atoms with Crippen LogP contribution >= 0.6 is 11.6 Å². The fourth-order valence-corrected chi connectivity index (χ4v) is 4.96. The number of amides is 2. The number of nitrogens with zero attached hydrogens (tertiary/aromatic N) is 1. The summed E-state index contributed by atoms with van der Waals surface area (Å²) >= 11 is 6.21. The van der Waals surface area contributed by atoms with Crippen LogP contribution in [0.1, 0.15) is 45.6 Å². The van der Waals surface area contributed by atoms with E-state index >= 15 is 0 Å². The van der Waals surface area contributed by atoms with Crippen LogP contribution in [0, 0.1) is 5.92 Å². The Morgan fingerprint density at radius 1 is 1.20 bits per heavy atom. The Bertz CT molecular complexity index is 1150. The summed E-state index contributed by atoms with van der Waals surface area (Å²) in [6, 6.07) is 10.3. The monoisotopic (exact) mass is 522 g/mol. The highest BCUT2D eigenvalue weighted by molar-refractivity contribution is 7.87. The maximum atomic E-state index is 13.0. The molecule has 1 aliphatic heterocycles. The van der Waals surface area contributed by atoms with E-state index < -0.39 is 10.1 Å². The number of halogens is 1. The summed E-state index contributed by atoms with van der Waals surface area (Å²) in [5, 5.41) is 2.99. The van der Waals surface area contributed by atoms with Crippen molar-refractivity contribution in [3.63, 3.8) is 0 Å². The molecule has 2 aromatic rings. The van der Waals surface area contributed by atoms with Gasteiger partial charge in [-0.25, -0.2) is 0 Å². The highest BCUT2D eigenvalue weighted by atomic mass is 35.5. The maximum absolute atomic E-state index is 13.0. The molecule has 1 atom stereocenters. The minimum absolute atomic E-state index is 0.0437. The second-order valence-electron chi connectivity index (χ2n) is 9.00. The Morgan fingerprint density at radius 2 is 1.91 bits per heavy atom. The summed E-state index contributed by atoms with van der Waals surface area (Å²) in [6.07, 6.45) is 2.12. The van der Waals surface area contributed by atoms with E-state index in [1.165, 1.54) is 43.3 Å². The zero-order valence-corrected chi connectivity index (χ0v) is 21.7. The van der Waals surface area contributed by atoms with Crippen molar-refractivity contribution < 1.29 is 26.9 Å². The minimum atomic E-state index is -4.18. The lowest BCUT2D eigenvalue weighted by Crippen LogP contribution is -2.37. The van der Waals surface area contributed by atoms with Crippen LogP contribution in [0.2, 0.25) is 5.02 Å². The average molecular weight is 523 g/mol. The molecule has 0 saturated carbocycles. The topological polar surface area (TPSA) is 102 Å². The molecule has 1 saturated heterocycles. The molecule has 190 valence electrons. The van der Waals surface area contributed by atoms with Crippen molar-refractivity contribution in [3.05, 3.63) is 53.1 Å². The number of benzene rings is 2. The molecule has 3 rings (SSSR count). The highest BCUT2D eigenvalue weighted by Gasteiger charge is 2.26. The Labute approximate surface area is 211 Å². The third-order valence-electron chi connectivity index (χ3n) is 5.43. The van der Waals surface area contributed by atoms with E-state index in [0.717, 1.165) is 12.8 Å². The maximum Gasteiger partial charge on any atom is 0.339 e. The molecule has 1 N–H and O–H groups in total. The number of carbonyl (C=O) groups excluding carboxylic acids is 2. The smallest absolute Gasteiger partial charge is 0.339 e. The predicted molar refractivity (Wildman–Crippen MR) is 134 cm³/mol. The Kier molecular flexibility index (Phi) is 9.15. The van der Waals surface area contributed by atoms with Crippen molar-refractivity contribution in [1.82, 2.24) is 4.90 Å². The molecule has 8 nitrogen and oxygen atoms in total. The molecule has 1 aliphatic rings. The summed E-state index contributed by atoms with van der Waals surface area (Å²) in [5.41, 5.74) is 0.947. The Morgan fingerprint density at radius 3 is 2.51 bits per heavy atom. The number of ether oxygens (including phenoxy) is 1. The van der Waals surface area contributed by atoms with E-state index in [0.29, 0.717) is 35.8 Å². The lowest BCUT2D eigenvalue weighted by atomic mass is 10.1. The molecule has 0 spiro atoms. The Hall–Kier alpha value is -2.62. The van der Waals surface area contributed by atoms with Crippen LogP contribution in [-0.2, 0) is 31.0 Å². The van der Waals surface area contributed by atoms with Gasteiger partial charge < -0.3 is 19.1 Å². The van der Waals surface area contributed by atoms with Gasteiger partial charge in [0.05, 0.1) is 6.10 Å². The standard InChI is InChI=1S/C25H31ClN2O6S/c1-17(2)13-25(30)28(16-22-5-4-12-33-22)15-19-14-20(26)6-11-24(19)34-35(31,32)23-9-7-21(8-10-23)27-18(3)29/h6-11,14,17,22H,4-5,12-13,15-16H2,1-3H3,(H,27,29). The summed E-state index contributed by atoms with van der Waals surface area (Å²) in [7, 11) is -4.18. The van der Waals surface area contributed by atoms with Crippen molar-refractivity contribution in [2.45, 2.75) is 57.6 Å². The lowest BCUT2D eigenvalue weighted by Gasteiger charge is -2.27. The van der Waals surface area contributed by atoms with Crippen LogP contribution in [0.25, 0.3) is 0 Å². The summed E-state index contributed by atoms with van der Waals surface area (Å²) in [5.74, 6) is -0.0412. The third-order valence-corrected chi connectivity index (χ3v) is 6.91. The van der Waals surface area contributed by atoms with Crippen molar-refractivity contribution in [3.8, 4) is 5.75 Å². The molecule has 0 bridgehead atoms. The molecule has 2 aromatic carbocycles. The van der Waals surface area contributed by atoms with Crippen molar-refractivity contribution in [2.24, 2.45) is 5.92 Å². The van der Waals surface area contributed by atoms with Crippen LogP contribution in [0.15, 0.2) is 47.4 Å². The number of anilines is 1. The van der Waals surface area contributed by atoms with Gasteiger partial charge in [0.25, 0.3) is 0 Å². The lowest BCUT2D eigenvalue weighted by molar-refractivity contribution is -0.134. The molecule has 0 aliphatic carbocycles. The van der Waals surface area contributed by atoms with E-state index in [1.54, 1.807) is 11.0 Å². The molecule has 1 fully saturated rings. The molecule has 2 amide bonds. The fraction of sp³-hybridized carbons (Fsp3) is 0.440. The molecule has 0 radical (unpaired) electrons. The quantitative estimate of drug-likeness (QED) is 0.457. The second-order valence-corrected chi connectivity index (χ2v) is 11.0. The van der Waals surface area contributed by atoms with E-state index in [9.17, 15) is 18.0 Å². The van der Waals surface area contributed by atoms with Crippen LogP contribution in [0.3, 0.4) is 0 Å². The first-order valence-corrected chi connectivity index (χ1v) is 13.3. The predicted octanol–water partition coefficient (Wildman–Crippen LogP) is 4.62. The summed E-state index contributed by atoms with van der Waals surface area (Å²) < 4.78 is 37.2. The fourth-order valence-electron chi connectivity index (χ4n) is 3.80. The molecule has 10 heteroatoms. The van der Waals surface area contributed by atoms with Gasteiger partial charge in [0.15, 0.2) is 0 Å². The number of nitrogens with one attached hydrogen (secondary N) is 1. The zero-order valence-electron chi connectivity index (χ0n) is 20.1.